The number of rotatable bonds is 7. The van der Waals surface area contributed by atoms with Crippen LogP contribution in [0.5, 0.6) is 0 Å². The minimum absolute atomic E-state index is 0.209. The Morgan fingerprint density at radius 2 is 2.14 bits per heavy atom. The number of benzene rings is 1. The molecule has 0 aliphatic carbocycles. The van der Waals surface area contributed by atoms with E-state index < -0.39 is 0 Å². The third-order valence-electron chi connectivity index (χ3n) is 3.82. The van der Waals surface area contributed by atoms with E-state index in [-0.39, 0.29) is 5.97 Å². The Bertz CT molecular complexity index is 631. The van der Waals surface area contributed by atoms with Gasteiger partial charge < -0.3 is 14.6 Å². The van der Waals surface area contributed by atoms with Crippen molar-refractivity contribution in [2.75, 3.05) is 27.2 Å². The highest BCUT2D eigenvalue weighted by molar-refractivity contribution is 5.83. The minimum Gasteiger partial charge on any atom is -0.466 e. The lowest BCUT2D eigenvalue weighted by molar-refractivity contribution is -0.142. The van der Waals surface area contributed by atoms with Crippen molar-refractivity contribution in [2.45, 2.75) is 26.7 Å². The molecule has 1 aromatic carbocycles. The number of hydrogen-bond acceptors (Lipinski definition) is 3. The van der Waals surface area contributed by atoms with Crippen molar-refractivity contribution >= 4 is 16.9 Å². The molecule has 2 rings (SSSR count). The summed E-state index contributed by atoms with van der Waals surface area (Å²) in [7, 11) is 4.19. The van der Waals surface area contributed by atoms with Crippen LogP contribution in [0, 0.1) is 5.92 Å². The van der Waals surface area contributed by atoms with Crippen molar-refractivity contribution in [1.82, 2.24) is 9.88 Å². The number of likely N-dealkylation sites (N-methyl/N-ethyl adjacent to an activating group) is 1. The summed E-state index contributed by atoms with van der Waals surface area (Å²) in [5.41, 5.74) is 3.83. The summed E-state index contributed by atoms with van der Waals surface area (Å²) in [6, 6.07) is 6.56. The second-order valence-electron chi connectivity index (χ2n) is 6.36. The first kappa shape index (κ1) is 16.6. The van der Waals surface area contributed by atoms with Crippen molar-refractivity contribution in [3.05, 3.63) is 35.5 Å². The molecule has 0 amide bonds. The molecule has 1 heterocycles. The van der Waals surface area contributed by atoms with Crippen LogP contribution >= 0.6 is 0 Å². The maximum absolute atomic E-state index is 10.9. The number of ether oxygens (including phenoxy) is 1. The maximum Gasteiger partial charge on any atom is 0.302 e. The summed E-state index contributed by atoms with van der Waals surface area (Å²) < 4.78 is 5.09. The zero-order valence-corrected chi connectivity index (χ0v) is 14.0. The predicted molar refractivity (Wildman–Crippen MR) is 90.1 cm³/mol. The van der Waals surface area contributed by atoms with Crippen molar-refractivity contribution in [2.24, 2.45) is 5.92 Å². The standard InChI is InChI=1S/C18H26N2O2/c1-13(12-22-14(2)21)9-15-5-6-18-17(10-15)16(11-19-18)7-8-20(3)4/h5-6,10-11,13,19H,7-9,12H2,1-4H3. The molecule has 1 atom stereocenters. The van der Waals surface area contributed by atoms with E-state index in [1.54, 1.807) is 0 Å². The number of H-pyrrole nitrogens is 1. The average molecular weight is 302 g/mol. The quantitative estimate of drug-likeness (QED) is 0.800. The van der Waals surface area contributed by atoms with Crippen LogP contribution in [0.1, 0.15) is 25.0 Å². The van der Waals surface area contributed by atoms with Crippen molar-refractivity contribution in [3.63, 3.8) is 0 Å². The summed E-state index contributed by atoms with van der Waals surface area (Å²) in [5, 5.41) is 1.30. The van der Waals surface area contributed by atoms with Gasteiger partial charge in [0, 0.05) is 30.6 Å². The zero-order valence-electron chi connectivity index (χ0n) is 14.0. The van der Waals surface area contributed by atoms with Crippen molar-refractivity contribution in [1.29, 1.82) is 0 Å². The number of hydrogen-bond donors (Lipinski definition) is 1. The van der Waals surface area contributed by atoms with Gasteiger partial charge in [-0.05, 0) is 56.1 Å². The third-order valence-corrected chi connectivity index (χ3v) is 3.82. The third kappa shape index (κ3) is 4.60. The van der Waals surface area contributed by atoms with E-state index in [2.05, 4.69) is 55.3 Å². The first-order chi connectivity index (χ1) is 10.5. The second kappa shape index (κ2) is 7.45. The van der Waals surface area contributed by atoms with E-state index in [4.69, 9.17) is 4.74 Å². The summed E-state index contributed by atoms with van der Waals surface area (Å²) in [4.78, 5) is 16.4. The highest BCUT2D eigenvalue weighted by atomic mass is 16.5. The number of aromatic nitrogens is 1. The van der Waals surface area contributed by atoms with Crippen LogP contribution in [-0.4, -0.2) is 43.1 Å². The Labute approximate surface area is 132 Å². The van der Waals surface area contributed by atoms with Gasteiger partial charge in [0.1, 0.15) is 0 Å². The van der Waals surface area contributed by atoms with Crippen LogP contribution in [0.4, 0.5) is 0 Å². The van der Waals surface area contributed by atoms with Crippen LogP contribution in [0.15, 0.2) is 24.4 Å². The van der Waals surface area contributed by atoms with Gasteiger partial charge in [0.2, 0.25) is 0 Å². The SMILES string of the molecule is CC(=O)OCC(C)Cc1ccc2[nH]cc(CCN(C)C)c2c1. The van der Waals surface area contributed by atoms with Crippen LogP contribution < -0.4 is 0 Å². The van der Waals surface area contributed by atoms with Crippen LogP contribution in [-0.2, 0) is 22.4 Å². The van der Waals surface area contributed by atoms with Crippen LogP contribution in [0.3, 0.4) is 0 Å². The van der Waals surface area contributed by atoms with Gasteiger partial charge in [-0.25, -0.2) is 0 Å². The number of fused-ring (bicyclic) bond motifs is 1. The fraction of sp³-hybridized carbons (Fsp3) is 0.500. The van der Waals surface area contributed by atoms with Gasteiger partial charge in [-0.1, -0.05) is 13.0 Å². The Balaban J connectivity index is 2.08. The molecule has 0 saturated heterocycles. The molecule has 4 nitrogen and oxygen atoms in total. The normalized spacial score (nSPS) is 12.8. The fourth-order valence-corrected chi connectivity index (χ4v) is 2.62. The van der Waals surface area contributed by atoms with Gasteiger partial charge in [-0.3, -0.25) is 4.79 Å². The topological polar surface area (TPSA) is 45.3 Å². The van der Waals surface area contributed by atoms with Crippen molar-refractivity contribution < 1.29 is 9.53 Å². The van der Waals surface area contributed by atoms with Gasteiger partial charge in [-0.2, -0.15) is 0 Å². The summed E-state index contributed by atoms with van der Waals surface area (Å²) in [6.07, 6.45) is 4.07. The molecule has 120 valence electrons. The molecule has 0 saturated carbocycles. The number of aromatic amines is 1. The molecule has 4 heteroatoms. The Kier molecular flexibility index (Phi) is 5.61. The number of nitrogens with one attached hydrogen (secondary N) is 1. The van der Waals surface area contributed by atoms with Gasteiger partial charge in [0.05, 0.1) is 6.61 Å². The molecular formula is C18H26N2O2. The molecule has 0 radical (unpaired) electrons. The van der Waals surface area contributed by atoms with E-state index in [0.29, 0.717) is 12.5 Å². The summed E-state index contributed by atoms with van der Waals surface area (Å²) in [5.74, 6) is 0.115. The van der Waals surface area contributed by atoms with Gasteiger partial charge in [0.25, 0.3) is 0 Å². The van der Waals surface area contributed by atoms with Crippen LogP contribution in [0.25, 0.3) is 10.9 Å². The number of esters is 1. The Hall–Kier alpha value is -1.81. The lowest BCUT2D eigenvalue weighted by Gasteiger charge is -2.12. The largest absolute Gasteiger partial charge is 0.466 e. The number of carbonyl (C=O) groups excluding carboxylic acids is 1. The number of nitrogens with zero attached hydrogens (tertiary/aromatic N) is 1. The van der Waals surface area contributed by atoms with Gasteiger partial charge >= 0.3 is 5.97 Å². The molecule has 0 aliphatic heterocycles. The number of carbonyl (C=O) groups is 1. The van der Waals surface area contributed by atoms with Gasteiger partial charge in [-0.15, -0.1) is 0 Å². The molecule has 2 aromatic rings. The lowest BCUT2D eigenvalue weighted by atomic mass is 9.99. The second-order valence-corrected chi connectivity index (χ2v) is 6.36. The molecule has 1 unspecified atom stereocenters. The van der Waals surface area contributed by atoms with Gasteiger partial charge in [0.15, 0.2) is 0 Å². The average Bonchev–Trinajstić information content (AvgIpc) is 2.85. The van der Waals surface area contributed by atoms with E-state index in [1.165, 1.54) is 29.0 Å². The molecular weight excluding hydrogens is 276 g/mol. The molecule has 22 heavy (non-hydrogen) atoms. The first-order valence-corrected chi connectivity index (χ1v) is 7.82. The molecule has 0 spiro atoms. The molecule has 0 bridgehead atoms. The fourth-order valence-electron chi connectivity index (χ4n) is 2.62. The highest BCUT2D eigenvalue weighted by Gasteiger charge is 2.09. The molecule has 0 fully saturated rings. The Morgan fingerprint density at radius 3 is 2.82 bits per heavy atom. The molecule has 0 aliphatic rings. The lowest BCUT2D eigenvalue weighted by Crippen LogP contribution is -2.14. The highest BCUT2D eigenvalue weighted by Crippen LogP contribution is 2.22. The molecule has 1 N–H and O–H groups in total. The Morgan fingerprint density at radius 1 is 1.36 bits per heavy atom. The van der Waals surface area contributed by atoms with E-state index in [0.717, 1.165) is 19.4 Å². The monoisotopic (exact) mass is 302 g/mol. The minimum atomic E-state index is -0.209. The van der Waals surface area contributed by atoms with Crippen LogP contribution in [0.2, 0.25) is 0 Å². The maximum atomic E-state index is 10.9. The summed E-state index contributed by atoms with van der Waals surface area (Å²) in [6.45, 7) is 5.08. The summed E-state index contributed by atoms with van der Waals surface area (Å²) >= 11 is 0. The van der Waals surface area contributed by atoms with Crippen molar-refractivity contribution in [3.8, 4) is 0 Å². The van der Waals surface area contributed by atoms with E-state index >= 15 is 0 Å². The first-order valence-electron chi connectivity index (χ1n) is 7.82. The smallest absolute Gasteiger partial charge is 0.302 e. The van der Waals surface area contributed by atoms with E-state index in [9.17, 15) is 4.79 Å². The molecule has 1 aromatic heterocycles. The zero-order chi connectivity index (χ0) is 16.1. The van der Waals surface area contributed by atoms with E-state index in [1.807, 2.05) is 0 Å². The predicted octanol–water partition coefficient (Wildman–Crippen LogP) is 3.01.